The van der Waals surface area contributed by atoms with Crippen molar-refractivity contribution in [1.82, 2.24) is 19.5 Å². The molecule has 0 aliphatic carbocycles. The number of H-pyrrole nitrogens is 1. The quantitative estimate of drug-likeness (QED) is 0.429. The first-order valence-electron chi connectivity index (χ1n) is 9.29. The van der Waals surface area contributed by atoms with Gasteiger partial charge in [-0.3, -0.25) is 14.3 Å². The average Bonchev–Trinajstić information content (AvgIpc) is 2.70. The Balaban J connectivity index is 1.74. The molecule has 0 fully saturated rings. The normalized spacial score (nSPS) is 10.8. The van der Waals surface area contributed by atoms with Gasteiger partial charge in [0.05, 0.1) is 6.07 Å². The molecule has 9 nitrogen and oxygen atoms in total. The molecule has 0 spiro atoms. The number of hydrogen-bond donors (Lipinski definition) is 2. The molecule has 2 heterocycles. The van der Waals surface area contributed by atoms with Gasteiger partial charge in [0, 0.05) is 37.5 Å². The molecule has 0 saturated heterocycles. The zero-order valence-electron chi connectivity index (χ0n) is 16.8. The fourth-order valence-corrected chi connectivity index (χ4v) is 3.09. The van der Waals surface area contributed by atoms with Gasteiger partial charge < -0.3 is 10.1 Å². The van der Waals surface area contributed by atoms with Crippen LogP contribution in [0.15, 0.2) is 46.1 Å². The number of allylic oxidation sites excluding steroid dienone is 1. The number of rotatable bonds is 7. The summed E-state index contributed by atoms with van der Waals surface area (Å²) in [5.41, 5.74) is 1.70. The van der Waals surface area contributed by atoms with Crippen LogP contribution in [-0.4, -0.2) is 26.1 Å². The van der Waals surface area contributed by atoms with E-state index in [9.17, 15) is 9.59 Å². The number of aryl methyl sites for hydroxylation is 2. The Morgan fingerprint density at radius 2 is 2.00 bits per heavy atom. The number of halogens is 1. The van der Waals surface area contributed by atoms with E-state index in [2.05, 4.69) is 20.3 Å². The molecule has 1 aromatic carbocycles. The number of aromatic nitrogens is 4. The third-order valence-corrected chi connectivity index (χ3v) is 4.44. The molecule has 0 aliphatic heterocycles. The molecule has 0 aliphatic rings. The molecule has 0 atom stereocenters. The average molecular weight is 439 g/mol. The van der Waals surface area contributed by atoms with Crippen molar-refractivity contribution < 1.29 is 4.74 Å². The summed E-state index contributed by atoms with van der Waals surface area (Å²) in [6.07, 6.45) is 4.55. The lowest BCUT2D eigenvalue weighted by molar-refractivity contribution is 0.455. The summed E-state index contributed by atoms with van der Waals surface area (Å²) < 4.78 is 7.31. The van der Waals surface area contributed by atoms with Crippen molar-refractivity contribution in [2.45, 2.75) is 20.4 Å². The second-order valence-electron chi connectivity index (χ2n) is 6.63. The van der Waals surface area contributed by atoms with Gasteiger partial charge in [0.25, 0.3) is 5.56 Å². The van der Waals surface area contributed by atoms with E-state index >= 15 is 0 Å². The molecule has 0 amide bonds. The first-order chi connectivity index (χ1) is 14.9. The Labute approximate surface area is 182 Å². The Kier molecular flexibility index (Phi) is 6.85. The summed E-state index contributed by atoms with van der Waals surface area (Å²) in [4.78, 5) is 33.5. The van der Waals surface area contributed by atoms with Crippen molar-refractivity contribution in [3.8, 4) is 17.7 Å². The van der Waals surface area contributed by atoms with Crippen molar-refractivity contribution in [1.29, 1.82) is 5.26 Å². The molecule has 3 aromatic rings. The minimum atomic E-state index is -0.496. The molecule has 2 N–H and O–H groups in total. The van der Waals surface area contributed by atoms with Gasteiger partial charge in [0.2, 0.25) is 11.8 Å². The Bertz CT molecular complexity index is 1270. The number of benzene rings is 1. The van der Waals surface area contributed by atoms with Crippen LogP contribution in [0.5, 0.6) is 11.6 Å². The highest BCUT2D eigenvalue weighted by Crippen LogP contribution is 2.30. The number of nitriles is 1. The number of ether oxygens (including phenoxy) is 1. The van der Waals surface area contributed by atoms with Crippen LogP contribution in [0.25, 0.3) is 6.08 Å². The Hall–Kier alpha value is -3.90. The molecule has 158 valence electrons. The van der Waals surface area contributed by atoms with Gasteiger partial charge in [-0.2, -0.15) is 10.2 Å². The second kappa shape index (κ2) is 9.73. The van der Waals surface area contributed by atoms with Crippen molar-refractivity contribution in [2.24, 2.45) is 0 Å². The van der Waals surface area contributed by atoms with E-state index in [1.807, 2.05) is 32.0 Å². The van der Waals surface area contributed by atoms with Gasteiger partial charge in [-0.25, -0.2) is 9.78 Å². The van der Waals surface area contributed by atoms with Gasteiger partial charge in [-0.05, 0) is 48.7 Å². The fraction of sp³-hybridized carbons (Fsp3) is 0.190. The topological polar surface area (TPSA) is 126 Å². The summed E-state index contributed by atoms with van der Waals surface area (Å²) in [7, 11) is 0. The standard InChI is InChI=1S/C21H19ClN6O3/c1-13-10-15(4-3-6-23)11-14(2)19(13)31-18-12-16(22)25-20(27-18)24-7-9-28-8-5-17(29)26-21(28)30/h3-5,8,10-12H,7,9H2,1-2H3,(H,24,25,27)(H,26,29,30). The van der Waals surface area contributed by atoms with E-state index in [0.717, 1.165) is 16.7 Å². The molecule has 31 heavy (non-hydrogen) atoms. The summed E-state index contributed by atoms with van der Waals surface area (Å²) in [6, 6.07) is 8.55. The maximum Gasteiger partial charge on any atom is 0.328 e. The predicted molar refractivity (Wildman–Crippen MR) is 117 cm³/mol. The molecular weight excluding hydrogens is 420 g/mol. The first kappa shape index (κ1) is 21.8. The van der Waals surface area contributed by atoms with Gasteiger partial charge >= 0.3 is 5.69 Å². The Morgan fingerprint density at radius 3 is 2.68 bits per heavy atom. The second-order valence-corrected chi connectivity index (χ2v) is 7.02. The minimum absolute atomic E-state index is 0.192. The third kappa shape index (κ3) is 5.81. The SMILES string of the molecule is Cc1cc(C=CC#N)cc(C)c1Oc1cc(Cl)nc(NCCn2ccc(=O)[nH]c2=O)n1. The predicted octanol–water partition coefficient (Wildman–Crippen LogP) is 3.04. The number of aromatic amines is 1. The summed E-state index contributed by atoms with van der Waals surface area (Å²) in [6.45, 7) is 4.41. The minimum Gasteiger partial charge on any atom is -0.438 e. The van der Waals surface area contributed by atoms with Crippen LogP contribution in [0.2, 0.25) is 5.15 Å². The van der Waals surface area contributed by atoms with Gasteiger partial charge in [0.15, 0.2) is 0 Å². The molecule has 0 unspecified atom stereocenters. The highest BCUT2D eigenvalue weighted by atomic mass is 35.5. The Morgan fingerprint density at radius 1 is 1.26 bits per heavy atom. The van der Waals surface area contributed by atoms with Crippen LogP contribution in [0.1, 0.15) is 16.7 Å². The summed E-state index contributed by atoms with van der Waals surface area (Å²) in [5, 5.41) is 11.9. The van der Waals surface area contributed by atoms with Crippen molar-refractivity contribution in [2.75, 3.05) is 11.9 Å². The number of anilines is 1. The summed E-state index contributed by atoms with van der Waals surface area (Å²) in [5.74, 6) is 1.13. The molecule has 3 rings (SSSR count). The molecule has 2 aromatic heterocycles. The van der Waals surface area contributed by atoms with E-state index < -0.39 is 11.2 Å². The van der Waals surface area contributed by atoms with E-state index in [-0.39, 0.29) is 23.5 Å². The molecule has 0 saturated carbocycles. The van der Waals surface area contributed by atoms with Crippen LogP contribution < -0.4 is 21.3 Å². The van der Waals surface area contributed by atoms with Gasteiger partial charge in [-0.15, -0.1) is 0 Å². The van der Waals surface area contributed by atoms with Crippen LogP contribution >= 0.6 is 11.6 Å². The number of nitrogens with zero attached hydrogens (tertiary/aromatic N) is 4. The number of hydrogen-bond acceptors (Lipinski definition) is 7. The molecule has 0 bridgehead atoms. The molecular formula is C21H19ClN6O3. The summed E-state index contributed by atoms with van der Waals surface area (Å²) >= 11 is 6.11. The lowest BCUT2D eigenvalue weighted by Gasteiger charge is -2.13. The van der Waals surface area contributed by atoms with Gasteiger partial charge in [0.1, 0.15) is 10.9 Å². The lowest BCUT2D eigenvalue weighted by atomic mass is 10.1. The maximum atomic E-state index is 11.7. The first-order valence-corrected chi connectivity index (χ1v) is 9.67. The largest absolute Gasteiger partial charge is 0.438 e. The van der Waals surface area contributed by atoms with Crippen molar-refractivity contribution in [3.63, 3.8) is 0 Å². The lowest BCUT2D eigenvalue weighted by Crippen LogP contribution is -2.30. The number of nitrogens with one attached hydrogen (secondary N) is 2. The zero-order valence-corrected chi connectivity index (χ0v) is 17.6. The van der Waals surface area contributed by atoms with Crippen LogP contribution in [0.4, 0.5) is 5.95 Å². The highest BCUT2D eigenvalue weighted by molar-refractivity contribution is 6.29. The van der Waals surface area contributed by atoms with E-state index in [1.54, 1.807) is 6.08 Å². The van der Waals surface area contributed by atoms with E-state index in [4.69, 9.17) is 21.6 Å². The molecule has 10 heteroatoms. The van der Waals surface area contributed by atoms with Crippen LogP contribution in [0.3, 0.4) is 0 Å². The third-order valence-electron chi connectivity index (χ3n) is 4.24. The van der Waals surface area contributed by atoms with Gasteiger partial charge in [-0.1, -0.05) is 11.6 Å². The zero-order chi connectivity index (χ0) is 22.4. The highest BCUT2D eigenvalue weighted by Gasteiger charge is 2.11. The fourth-order valence-electron chi connectivity index (χ4n) is 2.92. The maximum absolute atomic E-state index is 11.7. The van der Waals surface area contributed by atoms with Crippen molar-refractivity contribution >= 4 is 23.6 Å². The van der Waals surface area contributed by atoms with Crippen LogP contribution in [0, 0.1) is 25.2 Å². The van der Waals surface area contributed by atoms with Crippen LogP contribution in [-0.2, 0) is 6.54 Å². The van der Waals surface area contributed by atoms with E-state index in [0.29, 0.717) is 12.3 Å². The van der Waals surface area contributed by atoms with Crippen molar-refractivity contribution in [3.05, 3.63) is 79.2 Å². The monoisotopic (exact) mass is 438 g/mol. The smallest absolute Gasteiger partial charge is 0.328 e. The van der Waals surface area contributed by atoms with E-state index in [1.165, 1.54) is 29.0 Å². The molecule has 0 radical (unpaired) electrons.